The number of amides is 1. The van der Waals surface area contributed by atoms with E-state index in [1.165, 1.54) is 0 Å². The second-order valence-corrected chi connectivity index (χ2v) is 7.30. The Labute approximate surface area is 112 Å². The van der Waals surface area contributed by atoms with E-state index in [1.807, 2.05) is 0 Å². The van der Waals surface area contributed by atoms with E-state index in [1.54, 1.807) is 4.90 Å². The molecule has 1 aliphatic rings. The fourth-order valence-corrected chi connectivity index (χ4v) is 3.01. The Bertz CT molecular complexity index is 287. The van der Waals surface area contributed by atoms with Crippen molar-refractivity contribution >= 4 is 5.91 Å². The molecular weight excluding hydrogens is 226 g/mol. The zero-order chi connectivity index (χ0) is 14.0. The van der Waals surface area contributed by atoms with E-state index in [9.17, 15) is 9.90 Å². The number of likely N-dealkylation sites (tertiary alicyclic amines) is 1. The maximum atomic E-state index is 12.0. The summed E-state index contributed by atoms with van der Waals surface area (Å²) < 4.78 is 0. The zero-order valence-electron chi connectivity index (χ0n) is 12.6. The van der Waals surface area contributed by atoms with Crippen LogP contribution in [0.5, 0.6) is 0 Å². The van der Waals surface area contributed by atoms with E-state index in [0.717, 1.165) is 19.3 Å². The normalized spacial score (nSPS) is 20.4. The summed E-state index contributed by atoms with van der Waals surface area (Å²) in [6.07, 6.45) is 3.44. The van der Waals surface area contributed by atoms with Gasteiger partial charge in [-0.25, -0.2) is 0 Å². The highest BCUT2D eigenvalue weighted by Crippen LogP contribution is 2.29. The fourth-order valence-electron chi connectivity index (χ4n) is 3.01. The molecule has 1 atom stereocenters. The van der Waals surface area contributed by atoms with Gasteiger partial charge in [0.15, 0.2) is 0 Å². The smallest absolute Gasteiger partial charge is 0.223 e. The van der Waals surface area contributed by atoms with Crippen molar-refractivity contribution in [2.75, 3.05) is 13.1 Å². The predicted octanol–water partition coefficient (Wildman–Crippen LogP) is 2.82. The van der Waals surface area contributed by atoms with Crippen LogP contribution in [-0.2, 0) is 4.79 Å². The molecule has 1 N–H and O–H groups in total. The molecule has 1 unspecified atom stereocenters. The Morgan fingerprint density at radius 2 is 1.94 bits per heavy atom. The number of β-amino-alcohol motifs (C(OH)–C–C–N with tert-alkyl or cyclic N) is 1. The monoisotopic (exact) mass is 255 g/mol. The van der Waals surface area contributed by atoms with Crippen molar-refractivity contribution in [3.63, 3.8) is 0 Å². The molecule has 1 rings (SSSR count). The molecule has 0 aliphatic carbocycles. The summed E-state index contributed by atoms with van der Waals surface area (Å²) in [6, 6.07) is 0. The molecule has 3 nitrogen and oxygen atoms in total. The SMILES string of the molecule is CCCC1(O)CN(C(=O)CC(C)CC(C)(C)C)C1. The number of nitrogens with zero attached hydrogens (tertiary/aromatic N) is 1. The molecule has 106 valence electrons. The van der Waals surface area contributed by atoms with E-state index in [2.05, 4.69) is 34.6 Å². The van der Waals surface area contributed by atoms with E-state index < -0.39 is 5.60 Å². The first-order valence-electron chi connectivity index (χ1n) is 7.15. The van der Waals surface area contributed by atoms with Gasteiger partial charge in [0.1, 0.15) is 0 Å². The molecule has 0 bridgehead atoms. The maximum absolute atomic E-state index is 12.0. The van der Waals surface area contributed by atoms with Crippen molar-refractivity contribution in [2.24, 2.45) is 11.3 Å². The van der Waals surface area contributed by atoms with E-state index in [0.29, 0.717) is 25.4 Å². The minimum absolute atomic E-state index is 0.201. The molecule has 0 saturated carbocycles. The van der Waals surface area contributed by atoms with Crippen molar-refractivity contribution in [1.82, 2.24) is 4.90 Å². The number of rotatable bonds is 5. The Morgan fingerprint density at radius 1 is 1.39 bits per heavy atom. The van der Waals surface area contributed by atoms with Crippen molar-refractivity contribution in [3.8, 4) is 0 Å². The van der Waals surface area contributed by atoms with Crippen molar-refractivity contribution in [1.29, 1.82) is 0 Å². The summed E-state index contributed by atoms with van der Waals surface area (Å²) in [4.78, 5) is 13.8. The van der Waals surface area contributed by atoms with Crippen LogP contribution in [0.2, 0.25) is 0 Å². The molecule has 0 aromatic heterocycles. The molecule has 0 aromatic carbocycles. The van der Waals surface area contributed by atoms with Gasteiger partial charge >= 0.3 is 0 Å². The first-order chi connectivity index (χ1) is 8.15. The van der Waals surface area contributed by atoms with Gasteiger partial charge in [-0.15, -0.1) is 0 Å². The lowest BCUT2D eigenvalue weighted by Crippen LogP contribution is -2.63. The number of aliphatic hydroxyl groups is 1. The van der Waals surface area contributed by atoms with Gasteiger partial charge in [0.05, 0.1) is 18.7 Å². The maximum Gasteiger partial charge on any atom is 0.223 e. The summed E-state index contributed by atoms with van der Waals surface area (Å²) in [5.74, 6) is 0.616. The molecule has 0 radical (unpaired) electrons. The highest BCUT2D eigenvalue weighted by Gasteiger charge is 2.42. The first kappa shape index (κ1) is 15.5. The highest BCUT2D eigenvalue weighted by atomic mass is 16.3. The van der Waals surface area contributed by atoms with Gasteiger partial charge < -0.3 is 10.0 Å². The van der Waals surface area contributed by atoms with Crippen molar-refractivity contribution < 1.29 is 9.90 Å². The molecular formula is C15H29NO2. The summed E-state index contributed by atoms with van der Waals surface area (Å²) in [7, 11) is 0. The van der Waals surface area contributed by atoms with Crippen LogP contribution in [0.3, 0.4) is 0 Å². The van der Waals surface area contributed by atoms with Crippen LogP contribution in [0.4, 0.5) is 0 Å². The molecule has 1 saturated heterocycles. The Kier molecular flexibility index (Phi) is 4.82. The van der Waals surface area contributed by atoms with Gasteiger partial charge in [-0.05, 0) is 24.2 Å². The second kappa shape index (κ2) is 5.60. The summed E-state index contributed by atoms with van der Waals surface area (Å²) >= 11 is 0. The number of hydrogen-bond acceptors (Lipinski definition) is 2. The van der Waals surface area contributed by atoms with E-state index >= 15 is 0 Å². The average Bonchev–Trinajstić information content (AvgIpc) is 2.10. The molecule has 18 heavy (non-hydrogen) atoms. The van der Waals surface area contributed by atoms with Crippen LogP contribution >= 0.6 is 0 Å². The largest absolute Gasteiger partial charge is 0.386 e. The second-order valence-electron chi connectivity index (χ2n) is 7.30. The van der Waals surface area contributed by atoms with Crippen molar-refractivity contribution in [3.05, 3.63) is 0 Å². The molecule has 1 aliphatic heterocycles. The lowest BCUT2D eigenvalue weighted by atomic mass is 9.83. The van der Waals surface area contributed by atoms with Gasteiger partial charge in [-0.2, -0.15) is 0 Å². The minimum atomic E-state index is -0.600. The number of carbonyl (C=O) groups excluding carboxylic acids is 1. The van der Waals surface area contributed by atoms with Crippen LogP contribution in [0.1, 0.15) is 60.3 Å². The van der Waals surface area contributed by atoms with Crippen LogP contribution in [0, 0.1) is 11.3 Å². The summed E-state index contributed by atoms with van der Waals surface area (Å²) in [5, 5.41) is 10.1. The summed E-state index contributed by atoms with van der Waals surface area (Å²) in [6.45, 7) is 11.9. The lowest BCUT2D eigenvalue weighted by molar-refractivity contribution is -0.157. The predicted molar refractivity (Wildman–Crippen MR) is 74.3 cm³/mol. The fraction of sp³-hybridized carbons (Fsp3) is 0.933. The van der Waals surface area contributed by atoms with Gasteiger partial charge in [0, 0.05) is 6.42 Å². The highest BCUT2D eigenvalue weighted by molar-refractivity contribution is 5.77. The zero-order valence-corrected chi connectivity index (χ0v) is 12.6. The van der Waals surface area contributed by atoms with Gasteiger partial charge in [-0.1, -0.05) is 41.0 Å². The van der Waals surface area contributed by atoms with Crippen LogP contribution in [0.25, 0.3) is 0 Å². The third-order valence-corrected chi connectivity index (χ3v) is 3.52. The molecule has 3 heteroatoms. The molecule has 1 fully saturated rings. The van der Waals surface area contributed by atoms with E-state index in [4.69, 9.17) is 0 Å². The number of carbonyl (C=O) groups is 1. The van der Waals surface area contributed by atoms with E-state index in [-0.39, 0.29) is 11.3 Å². The molecule has 0 aromatic rings. The Balaban J connectivity index is 2.31. The minimum Gasteiger partial charge on any atom is -0.386 e. The molecule has 0 spiro atoms. The molecule has 1 amide bonds. The average molecular weight is 255 g/mol. The van der Waals surface area contributed by atoms with Crippen LogP contribution in [-0.4, -0.2) is 34.6 Å². The van der Waals surface area contributed by atoms with Crippen molar-refractivity contribution in [2.45, 2.75) is 65.9 Å². The van der Waals surface area contributed by atoms with Gasteiger partial charge in [0.25, 0.3) is 0 Å². The van der Waals surface area contributed by atoms with Gasteiger partial charge in [-0.3, -0.25) is 4.79 Å². The van der Waals surface area contributed by atoms with Gasteiger partial charge in [0.2, 0.25) is 5.91 Å². The number of hydrogen-bond donors (Lipinski definition) is 1. The topological polar surface area (TPSA) is 40.5 Å². The third-order valence-electron chi connectivity index (χ3n) is 3.52. The third kappa shape index (κ3) is 4.60. The quantitative estimate of drug-likeness (QED) is 0.820. The van der Waals surface area contributed by atoms with Crippen LogP contribution in [0.15, 0.2) is 0 Å². The summed E-state index contributed by atoms with van der Waals surface area (Å²) in [5.41, 5.74) is -0.324. The molecule has 1 heterocycles. The first-order valence-corrected chi connectivity index (χ1v) is 7.15. The standard InChI is InChI=1S/C15H29NO2/c1-6-7-15(18)10-16(11-15)13(17)8-12(2)9-14(3,4)5/h12,18H,6-11H2,1-5H3. The Hall–Kier alpha value is -0.570. The lowest BCUT2D eigenvalue weighted by Gasteiger charge is -2.47. The Morgan fingerprint density at radius 3 is 2.39 bits per heavy atom. The van der Waals surface area contributed by atoms with Crippen LogP contribution < -0.4 is 0 Å².